The van der Waals surface area contributed by atoms with Crippen molar-refractivity contribution in [3.63, 3.8) is 0 Å². The highest BCUT2D eigenvalue weighted by atomic mass is 35.5. The van der Waals surface area contributed by atoms with E-state index in [1.54, 1.807) is 6.92 Å². The third-order valence-corrected chi connectivity index (χ3v) is 5.69. The minimum atomic E-state index is -0.890. The maximum atomic E-state index is 13.5. The maximum Gasteiger partial charge on any atom is 0.407 e. The lowest BCUT2D eigenvalue weighted by atomic mass is 9.91. The fourth-order valence-electron chi connectivity index (χ4n) is 3.66. The highest BCUT2D eigenvalue weighted by Gasteiger charge is 2.23. The van der Waals surface area contributed by atoms with Crippen molar-refractivity contribution in [3.05, 3.63) is 70.2 Å². The van der Waals surface area contributed by atoms with Crippen molar-refractivity contribution < 1.29 is 18.3 Å². The minimum Gasteiger partial charge on any atom is -0.450 e. The van der Waals surface area contributed by atoms with Gasteiger partial charge in [0.15, 0.2) is 17.6 Å². The molecular formula is C24H29ClF2N4O2. The molecule has 3 N–H and O–H groups in total. The number of alkyl carbamates (subject to hydrolysis) is 1. The van der Waals surface area contributed by atoms with Crippen LogP contribution in [0.2, 0.25) is 5.02 Å². The van der Waals surface area contributed by atoms with Crippen molar-refractivity contribution in [2.75, 3.05) is 6.61 Å². The molecule has 1 fully saturated rings. The Kier molecular flexibility index (Phi) is 9.30. The average Bonchev–Trinajstić information content (AvgIpc) is 2.80. The number of benzene rings is 2. The Morgan fingerprint density at radius 1 is 1.00 bits per heavy atom. The molecule has 0 aromatic heterocycles. The number of hydrogen-bond acceptors (Lipinski definition) is 3. The highest BCUT2D eigenvalue weighted by Crippen LogP contribution is 2.19. The van der Waals surface area contributed by atoms with E-state index < -0.39 is 11.6 Å². The summed E-state index contributed by atoms with van der Waals surface area (Å²) in [6, 6.07) is 11.5. The van der Waals surface area contributed by atoms with E-state index in [1.807, 2.05) is 24.3 Å². The van der Waals surface area contributed by atoms with Crippen LogP contribution in [0.1, 0.15) is 43.7 Å². The van der Waals surface area contributed by atoms with E-state index in [9.17, 15) is 13.6 Å². The molecule has 0 saturated heterocycles. The van der Waals surface area contributed by atoms with Crippen LogP contribution < -0.4 is 16.0 Å². The van der Waals surface area contributed by atoms with Gasteiger partial charge in [-0.3, -0.25) is 0 Å². The number of amides is 1. The second kappa shape index (κ2) is 12.4. The van der Waals surface area contributed by atoms with Gasteiger partial charge < -0.3 is 20.7 Å². The molecule has 0 spiro atoms. The first kappa shape index (κ1) is 24.8. The van der Waals surface area contributed by atoms with E-state index in [-0.39, 0.29) is 24.7 Å². The number of nitrogens with one attached hydrogen (secondary N) is 3. The lowest BCUT2D eigenvalue weighted by Crippen LogP contribution is -2.47. The van der Waals surface area contributed by atoms with Crippen molar-refractivity contribution in [2.24, 2.45) is 4.99 Å². The third-order valence-electron chi connectivity index (χ3n) is 5.44. The summed E-state index contributed by atoms with van der Waals surface area (Å²) >= 11 is 5.96. The van der Waals surface area contributed by atoms with Crippen molar-refractivity contribution in [2.45, 2.75) is 57.8 Å². The van der Waals surface area contributed by atoms with Gasteiger partial charge >= 0.3 is 6.09 Å². The second-order valence-corrected chi connectivity index (χ2v) is 8.39. The number of rotatable bonds is 7. The molecule has 0 unspecified atom stereocenters. The van der Waals surface area contributed by atoms with E-state index >= 15 is 0 Å². The number of carbonyl (C=O) groups excluding carboxylic acids is 1. The number of hydrogen-bond donors (Lipinski definition) is 3. The monoisotopic (exact) mass is 478 g/mol. The number of aliphatic imine (C=N–C) groups is 1. The first-order chi connectivity index (χ1) is 15.9. The summed E-state index contributed by atoms with van der Waals surface area (Å²) in [7, 11) is 0. The van der Waals surface area contributed by atoms with E-state index in [0.717, 1.165) is 43.4 Å². The van der Waals surface area contributed by atoms with Gasteiger partial charge in [0.05, 0.1) is 13.2 Å². The molecule has 2 aromatic carbocycles. The smallest absolute Gasteiger partial charge is 0.407 e. The fraction of sp³-hybridized carbons (Fsp3) is 0.417. The Morgan fingerprint density at radius 3 is 2.27 bits per heavy atom. The summed E-state index contributed by atoms with van der Waals surface area (Å²) in [6.45, 7) is 2.85. The number of carbonyl (C=O) groups is 1. The molecule has 33 heavy (non-hydrogen) atoms. The van der Waals surface area contributed by atoms with Gasteiger partial charge in [-0.25, -0.2) is 18.6 Å². The molecule has 178 valence electrons. The van der Waals surface area contributed by atoms with Gasteiger partial charge in [-0.15, -0.1) is 0 Å². The van der Waals surface area contributed by atoms with E-state index in [2.05, 4.69) is 20.9 Å². The molecule has 0 aliphatic heterocycles. The maximum absolute atomic E-state index is 13.5. The van der Waals surface area contributed by atoms with Crippen LogP contribution in [-0.2, 0) is 17.8 Å². The molecule has 3 rings (SSSR count). The molecule has 0 heterocycles. The molecule has 0 bridgehead atoms. The molecular weight excluding hydrogens is 450 g/mol. The Balaban J connectivity index is 1.60. The van der Waals surface area contributed by atoms with Crippen LogP contribution in [-0.4, -0.2) is 30.7 Å². The molecule has 0 atom stereocenters. The third kappa shape index (κ3) is 8.20. The van der Waals surface area contributed by atoms with Gasteiger partial charge in [-0.2, -0.15) is 0 Å². The largest absolute Gasteiger partial charge is 0.450 e. The minimum absolute atomic E-state index is 0.0895. The normalized spacial score (nSPS) is 18.5. The molecule has 9 heteroatoms. The lowest BCUT2D eigenvalue weighted by molar-refractivity contribution is 0.144. The van der Waals surface area contributed by atoms with Gasteiger partial charge in [-0.1, -0.05) is 29.8 Å². The predicted octanol–water partition coefficient (Wildman–Crippen LogP) is 4.91. The zero-order valence-corrected chi connectivity index (χ0v) is 19.3. The molecule has 1 aliphatic rings. The van der Waals surface area contributed by atoms with E-state index in [0.29, 0.717) is 29.7 Å². The Morgan fingerprint density at radius 2 is 1.64 bits per heavy atom. The Labute approximate surface area is 197 Å². The van der Waals surface area contributed by atoms with Gasteiger partial charge in [0.25, 0.3) is 0 Å². The van der Waals surface area contributed by atoms with Gasteiger partial charge in [0.2, 0.25) is 0 Å². The van der Waals surface area contributed by atoms with E-state index in [1.165, 1.54) is 6.07 Å². The Hall–Kier alpha value is -2.87. The van der Waals surface area contributed by atoms with E-state index in [4.69, 9.17) is 16.3 Å². The van der Waals surface area contributed by atoms with Crippen molar-refractivity contribution >= 4 is 23.7 Å². The van der Waals surface area contributed by atoms with Crippen molar-refractivity contribution in [3.8, 4) is 0 Å². The number of ether oxygens (including phenoxy) is 1. The first-order valence-electron chi connectivity index (χ1n) is 11.1. The summed E-state index contributed by atoms with van der Waals surface area (Å²) in [6.07, 6.45) is 2.97. The van der Waals surface area contributed by atoms with Crippen LogP contribution in [0, 0.1) is 11.6 Å². The van der Waals surface area contributed by atoms with Gasteiger partial charge in [0, 0.05) is 23.7 Å². The first-order valence-corrected chi connectivity index (χ1v) is 11.5. The van der Waals surface area contributed by atoms with Gasteiger partial charge in [0.1, 0.15) is 0 Å². The molecule has 1 saturated carbocycles. The van der Waals surface area contributed by atoms with Gasteiger partial charge in [-0.05, 0) is 68.0 Å². The second-order valence-electron chi connectivity index (χ2n) is 7.95. The Bertz CT molecular complexity index is 948. The van der Waals surface area contributed by atoms with Crippen LogP contribution in [0.25, 0.3) is 0 Å². The topological polar surface area (TPSA) is 74.8 Å². The lowest BCUT2D eigenvalue weighted by Gasteiger charge is -2.30. The zero-order valence-electron chi connectivity index (χ0n) is 18.5. The summed E-state index contributed by atoms with van der Waals surface area (Å²) in [5, 5.41) is 10.3. The average molecular weight is 479 g/mol. The quantitative estimate of drug-likeness (QED) is 0.390. The summed E-state index contributed by atoms with van der Waals surface area (Å²) in [5.74, 6) is -1.19. The summed E-state index contributed by atoms with van der Waals surface area (Å²) in [4.78, 5) is 16.2. The van der Waals surface area contributed by atoms with Crippen LogP contribution in [0.3, 0.4) is 0 Å². The van der Waals surface area contributed by atoms with Crippen molar-refractivity contribution in [1.29, 1.82) is 0 Å². The standard InChI is InChI=1S/C24H29ClF2N4O2/c1-2-33-24(32)31-20-10-8-19(9-11-20)30-23(28-14-16-3-6-18(25)7-4-16)29-15-17-5-12-21(26)22(27)13-17/h3-7,12-13,19-20H,2,8-11,14-15H2,1H3,(H,31,32)(H2,28,29,30). The highest BCUT2D eigenvalue weighted by molar-refractivity contribution is 6.30. The number of halogens is 3. The molecule has 6 nitrogen and oxygen atoms in total. The molecule has 2 aromatic rings. The summed E-state index contributed by atoms with van der Waals surface area (Å²) in [5.41, 5.74) is 1.60. The number of nitrogens with zero attached hydrogens (tertiary/aromatic N) is 1. The van der Waals surface area contributed by atoms with Crippen LogP contribution >= 0.6 is 11.6 Å². The predicted molar refractivity (Wildman–Crippen MR) is 125 cm³/mol. The fourth-order valence-corrected chi connectivity index (χ4v) is 3.79. The van der Waals surface area contributed by atoms with Crippen LogP contribution in [0.4, 0.5) is 13.6 Å². The van der Waals surface area contributed by atoms with Crippen LogP contribution in [0.5, 0.6) is 0 Å². The zero-order chi connectivity index (χ0) is 23.6. The molecule has 1 amide bonds. The summed E-state index contributed by atoms with van der Waals surface area (Å²) < 4.78 is 31.7. The molecule has 1 aliphatic carbocycles. The number of guanidine groups is 1. The SMILES string of the molecule is CCOC(=O)NC1CCC(NC(=NCc2ccc(F)c(F)c2)NCc2ccc(Cl)cc2)CC1. The molecule has 0 radical (unpaired) electrons. The van der Waals surface area contributed by atoms with Crippen molar-refractivity contribution in [1.82, 2.24) is 16.0 Å². The van der Waals surface area contributed by atoms with Crippen LogP contribution in [0.15, 0.2) is 47.5 Å².